The molecule has 0 saturated heterocycles. The summed E-state index contributed by atoms with van der Waals surface area (Å²) in [7, 11) is -4.33. The Hall–Kier alpha value is -3.06. The lowest BCUT2D eigenvalue weighted by Crippen LogP contribution is -2.56. The summed E-state index contributed by atoms with van der Waals surface area (Å²) in [5.41, 5.74) is -7.63. The Labute approximate surface area is 255 Å². The molecule has 3 nitrogen and oxygen atoms in total. The van der Waals surface area contributed by atoms with Crippen molar-refractivity contribution in [3.05, 3.63) is 101 Å². The molecule has 0 aliphatic heterocycles. The van der Waals surface area contributed by atoms with Crippen molar-refractivity contribution >= 4 is 9.84 Å². The quantitative estimate of drug-likeness (QED) is 0.160. The predicted octanol–water partition coefficient (Wildman–Crippen LogP) is 9.55. The van der Waals surface area contributed by atoms with Crippen molar-refractivity contribution < 1.29 is 52.7 Å². The van der Waals surface area contributed by atoms with Crippen molar-refractivity contribution in [3.63, 3.8) is 0 Å². The molecular formula is C32H31F9O3S. The van der Waals surface area contributed by atoms with Crippen molar-refractivity contribution in [2.24, 2.45) is 11.8 Å². The van der Waals surface area contributed by atoms with Gasteiger partial charge >= 0.3 is 12.4 Å². The average Bonchev–Trinajstić information content (AvgIpc) is 3.39. The van der Waals surface area contributed by atoms with Crippen molar-refractivity contribution in [1.82, 2.24) is 0 Å². The van der Waals surface area contributed by atoms with Crippen LogP contribution in [-0.2, 0) is 31.5 Å². The fourth-order valence-electron chi connectivity index (χ4n) is 6.02. The first-order valence-corrected chi connectivity index (χ1v) is 15.7. The molecule has 1 aliphatic carbocycles. The molecule has 45 heavy (non-hydrogen) atoms. The van der Waals surface area contributed by atoms with Gasteiger partial charge in [0.15, 0.2) is 9.84 Å². The summed E-state index contributed by atoms with van der Waals surface area (Å²) in [5, 5.41) is 0. The molecule has 246 valence electrons. The molecule has 4 rings (SSSR count). The van der Waals surface area contributed by atoms with E-state index < -0.39 is 67.7 Å². The van der Waals surface area contributed by atoms with Gasteiger partial charge in [-0.15, -0.1) is 0 Å². The molecule has 1 aliphatic rings. The van der Waals surface area contributed by atoms with Gasteiger partial charge in [0.1, 0.15) is 22.2 Å². The number of hydrogen-bond acceptors (Lipinski definition) is 3. The number of ether oxygens (including phenoxy) is 1. The third-order valence-corrected chi connectivity index (χ3v) is 11.0. The molecule has 2 unspecified atom stereocenters. The van der Waals surface area contributed by atoms with E-state index in [1.807, 2.05) is 13.8 Å². The first-order chi connectivity index (χ1) is 20.9. The van der Waals surface area contributed by atoms with Gasteiger partial charge in [0, 0.05) is 11.1 Å². The van der Waals surface area contributed by atoms with Crippen molar-refractivity contribution in [2.45, 2.75) is 80.2 Å². The van der Waals surface area contributed by atoms with Gasteiger partial charge < -0.3 is 4.74 Å². The van der Waals surface area contributed by atoms with Crippen LogP contribution < -0.4 is 0 Å². The lowest BCUT2D eigenvalue weighted by Gasteiger charge is -2.38. The molecule has 3 aromatic rings. The Balaban J connectivity index is 1.83. The number of hydrogen-bond donors (Lipinski definition) is 0. The standard InChI is InChI=1S/C32H31F9O3S/c1-20(2)6-7-21-16-17-29(18-21,45(42,43)25-14-12-24(33)13-15-25)22-8-10-23(11-9-22)30(31(36,37)38,32(39,40)41)44-19-26-27(34)4-3-5-28(26)35/h3-5,8-15,20-21H,6-7,16-19H2,1-2H3. The second-order valence-corrected chi connectivity index (χ2v) is 14.0. The molecule has 0 spiro atoms. The number of benzene rings is 3. The summed E-state index contributed by atoms with van der Waals surface area (Å²) < 4.78 is 159. The van der Waals surface area contributed by atoms with E-state index in [1.54, 1.807) is 0 Å². The van der Waals surface area contributed by atoms with Crippen LogP contribution in [-0.4, -0.2) is 20.8 Å². The monoisotopic (exact) mass is 666 g/mol. The van der Waals surface area contributed by atoms with Gasteiger partial charge in [0.05, 0.1) is 11.5 Å². The summed E-state index contributed by atoms with van der Waals surface area (Å²) in [6.45, 7) is 2.28. The zero-order valence-corrected chi connectivity index (χ0v) is 25.1. The third-order valence-electron chi connectivity index (χ3n) is 8.48. The summed E-state index contributed by atoms with van der Waals surface area (Å²) >= 11 is 0. The van der Waals surface area contributed by atoms with E-state index in [1.165, 1.54) is 0 Å². The van der Waals surface area contributed by atoms with Crippen molar-refractivity contribution in [2.75, 3.05) is 0 Å². The highest BCUT2D eigenvalue weighted by molar-refractivity contribution is 7.92. The first-order valence-electron chi connectivity index (χ1n) is 14.2. The summed E-state index contributed by atoms with van der Waals surface area (Å²) in [6.07, 6.45) is -10.4. The van der Waals surface area contributed by atoms with Crippen LogP contribution in [0.15, 0.2) is 71.6 Å². The van der Waals surface area contributed by atoms with Crippen LogP contribution in [0, 0.1) is 29.3 Å². The number of rotatable bonds is 10. The van der Waals surface area contributed by atoms with Gasteiger partial charge in [-0.3, -0.25) is 0 Å². The molecular weight excluding hydrogens is 635 g/mol. The van der Waals surface area contributed by atoms with E-state index in [4.69, 9.17) is 0 Å². The van der Waals surface area contributed by atoms with Crippen LogP contribution in [0.1, 0.15) is 62.6 Å². The zero-order chi connectivity index (χ0) is 33.4. The smallest absolute Gasteiger partial charge is 0.349 e. The second-order valence-electron chi connectivity index (χ2n) is 11.8. The van der Waals surface area contributed by atoms with Crippen LogP contribution in [0.3, 0.4) is 0 Å². The Morgan fingerprint density at radius 2 is 1.40 bits per heavy atom. The molecule has 0 heterocycles. The minimum absolute atomic E-state index is 0.0293. The lowest BCUT2D eigenvalue weighted by atomic mass is 9.87. The van der Waals surface area contributed by atoms with E-state index in [2.05, 4.69) is 4.74 Å². The Kier molecular flexibility index (Phi) is 9.76. The molecule has 0 radical (unpaired) electrons. The van der Waals surface area contributed by atoms with Crippen LogP contribution in [0.5, 0.6) is 0 Å². The maximum Gasteiger partial charge on any atom is 0.430 e. The Morgan fingerprint density at radius 1 is 0.844 bits per heavy atom. The lowest BCUT2D eigenvalue weighted by molar-refractivity contribution is -0.392. The maximum absolute atomic E-state index is 14.4. The van der Waals surface area contributed by atoms with Crippen LogP contribution in [0.4, 0.5) is 39.5 Å². The molecule has 0 N–H and O–H groups in total. The highest BCUT2D eigenvalue weighted by Crippen LogP contribution is 2.55. The maximum atomic E-state index is 14.4. The SMILES string of the molecule is CC(C)CCC1CCC(c2ccc(C(OCc3c(F)cccc3F)(C(F)(F)F)C(F)(F)F)cc2)(S(=O)(=O)c2ccc(F)cc2)C1. The molecule has 2 atom stereocenters. The van der Waals surface area contributed by atoms with Gasteiger partial charge in [-0.25, -0.2) is 21.6 Å². The Morgan fingerprint density at radius 3 is 1.91 bits per heavy atom. The highest BCUT2D eigenvalue weighted by atomic mass is 32.2. The molecule has 13 heteroatoms. The van der Waals surface area contributed by atoms with Crippen LogP contribution >= 0.6 is 0 Å². The average molecular weight is 667 g/mol. The first kappa shape index (κ1) is 34.8. The van der Waals surface area contributed by atoms with Gasteiger partial charge in [-0.2, -0.15) is 26.3 Å². The van der Waals surface area contributed by atoms with Gasteiger partial charge in [0.2, 0.25) is 0 Å². The number of halogens is 9. The minimum Gasteiger partial charge on any atom is -0.349 e. The highest BCUT2D eigenvalue weighted by Gasteiger charge is 2.73. The van der Waals surface area contributed by atoms with Gasteiger partial charge in [-0.1, -0.05) is 57.0 Å². The summed E-state index contributed by atoms with van der Waals surface area (Å²) in [5.74, 6) is -3.29. The fourth-order valence-corrected chi connectivity index (χ4v) is 8.25. The predicted molar refractivity (Wildman–Crippen MR) is 148 cm³/mol. The summed E-state index contributed by atoms with van der Waals surface area (Å²) in [4.78, 5) is -0.243. The number of alkyl halides is 6. The minimum atomic E-state index is -6.15. The van der Waals surface area contributed by atoms with E-state index in [0.717, 1.165) is 48.9 Å². The zero-order valence-electron chi connectivity index (χ0n) is 24.3. The van der Waals surface area contributed by atoms with Crippen molar-refractivity contribution in [3.8, 4) is 0 Å². The van der Waals surface area contributed by atoms with Crippen LogP contribution in [0.25, 0.3) is 0 Å². The largest absolute Gasteiger partial charge is 0.430 e. The van der Waals surface area contributed by atoms with E-state index >= 15 is 0 Å². The van der Waals surface area contributed by atoms with Gasteiger partial charge in [0.25, 0.3) is 5.60 Å². The molecule has 0 aromatic heterocycles. The fraction of sp³-hybridized carbons (Fsp3) is 0.438. The molecule has 1 saturated carbocycles. The van der Waals surface area contributed by atoms with E-state index in [9.17, 15) is 47.9 Å². The van der Waals surface area contributed by atoms with E-state index in [0.29, 0.717) is 43.0 Å². The number of sulfone groups is 1. The Bertz CT molecular complexity index is 1550. The second kappa shape index (κ2) is 12.6. The summed E-state index contributed by atoms with van der Waals surface area (Å²) in [6, 6.07) is 8.99. The van der Waals surface area contributed by atoms with E-state index in [-0.39, 0.29) is 29.2 Å². The molecule has 0 bridgehead atoms. The van der Waals surface area contributed by atoms with Gasteiger partial charge in [-0.05, 0) is 73.1 Å². The molecule has 0 amide bonds. The normalized spacial score (nSPS) is 19.8. The van der Waals surface area contributed by atoms with Crippen LogP contribution in [0.2, 0.25) is 0 Å². The molecule has 3 aromatic carbocycles. The third kappa shape index (κ3) is 6.47. The molecule has 1 fully saturated rings. The topological polar surface area (TPSA) is 43.4 Å². The van der Waals surface area contributed by atoms with Crippen molar-refractivity contribution in [1.29, 1.82) is 0 Å².